The molecule has 6 heteroatoms. The first-order chi connectivity index (χ1) is 9.98. The maximum atomic E-state index is 12.0. The Bertz CT molecular complexity index is 475. The van der Waals surface area contributed by atoms with Crippen LogP contribution in [-0.4, -0.2) is 47.1 Å². The highest BCUT2D eigenvalue weighted by molar-refractivity contribution is 7.12. The van der Waals surface area contributed by atoms with Crippen LogP contribution in [0.1, 0.15) is 42.3 Å². The van der Waals surface area contributed by atoms with Crippen LogP contribution in [0.2, 0.25) is 0 Å². The summed E-state index contributed by atoms with van der Waals surface area (Å²) in [6.45, 7) is 3.56. The van der Waals surface area contributed by atoms with Crippen LogP contribution in [0.4, 0.5) is 0 Å². The van der Waals surface area contributed by atoms with E-state index >= 15 is 0 Å². The van der Waals surface area contributed by atoms with Gasteiger partial charge in [-0.25, -0.2) is 0 Å². The Morgan fingerprint density at radius 1 is 1.43 bits per heavy atom. The SMILES string of the molecule is CC1(O)CCN(C(=O)CCCNC(=O)c2cccs2)CC1. The summed E-state index contributed by atoms with van der Waals surface area (Å²) >= 11 is 1.41. The topological polar surface area (TPSA) is 69.6 Å². The van der Waals surface area contributed by atoms with E-state index in [-0.39, 0.29) is 11.8 Å². The van der Waals surface area contributed by atoms with E-state index in [0.29, 0.717) is 50.2 Å². The van der Waals surface area contributed by atoms with Gasteiger partial charge in [-0.15, -0.1) is 11.3 Å². The molecule has 1 saturated heterocycles. The smallest absolute Gasteiger partial charge is 0.261 e. The number of likely N-dealkylation sites (tertiary alicyclic amines) is 1. The molecule has 0 aromatic carbocycles. The van der Waals surface area contributed by atoms with Gasteiger partial charge in [0.2, 0.25) is 5.91 Å². The highest BCUT2D eigenvalue weighted by atomic mass is 32.1. The van der Waals surface area contributed by atoms with Crippen LogP contribution < -0.4 is 5.32 Å². The third-order valence-corrected chi connectivity index (χ3v) is 4.66. The van der Waals surface area contributed by atoms with Crippen LogP contribution >= 0.6 is 11.3 Å². The number of hydrogen-bond acceptors (Lipinski definition) is 4. The molecule has 2 heterocycles. The predicted octanol–water partition coefficient (Wildman–Crippen LogP) is 1.63. The van der Waals surface area contributed by atoms with Crippen molar-refractivity contribution in [2.24, 2.45) is 0 Å². The van der Waals surface area contributed by atoms with Crippen LogP contribution in [-0.2, 0) is 4.79 Å². The Morgan fingerprint density at radius 2 is 2.14 bits per heavy atom. The summed E-state index contributed by atoms with van der Waals surface area (Å²) in [5, 5.41) is 14.5. The van der Waals surface area contributed by atoms with Crippen LogP contribution in [0.3, 0.4) is 0 Å². The molecule has 0 saturated carbocycles. The molecule has 1 aromatic rings. The average Bonchev–Trinajstić information content (AvgIpc) is 2.97. The van der Waals surface area contributed by atoms with Crippen LogP contribution in [0.25, 0.3) is 0 Å². The summed E-state index contributed by atoms with van der Waals surface area (Å²) in [6, 6.07) is 3.62. The normalized spacial score (nSPS) is 17.5. The van der Waals surface area contributed by atoms with Gasteiger partial charge in [0.1, 0.15) is 0 Å². The second-order valence-corrected chi connectivity index (χ2v) is 6.66. The lowest BCUT2D eigenvalue weighted by Crippen LogP contribution is -2.45. The quantitative estimate of drug-likeness (QED) is 0.812. The van der Waals surface area contributed by atoms with Crippen molar-refractivity contribution in [1.29, 1.82) is 0 Å². The third-order valence-electron chi connectivity index (χ3n) is 3.79. The van der Waals surface area contributed by atoms with Crippen LogP contribution in [0, 0.1) is 0 Å². The third kappa shape index (κ3) is 4.82. The number of rotatable bonds is 5. The maximum Gasteiger partial charge on any atom is 0.261 e. The molecular weight excluding hydrogens is 288 g/mol. The van der Waals surface area contributed by atoms with E-state index in [9.17, 15) is 14.7 Å². The van der Waals surface area contributed by atoms with Crippen molar-refractivity contribution < 1.29 is 14.7 Å². The largest absolute Gasteiger partial charge is 0.390 e. The van der Waals surface area contributed by atoms with Crippen molar-refractivity contribution >= 4 is 23.2 Å². The second-order valence-electron chi connectivity index (χ2n) is 5.71. The molecule has 0 aliphatic carbocycles. The van der Waals surface area contributed by atoms with Crippen LogP contribution in [0.5, 0.6) is 0 Å². The first-order valence-electron chi connectivity index (χ1n) is 7.30. The molecule has 2 rings (SSSR count). The molecule has 116 valence electrons. The van der Waals surface area contributed by atoms with E-state index in [1.165, 1.54) is 11.3 Å². The zero-order valence-corrected chi connectivity index (χ0v) is 13.1. The molecule has 0 bridgehead atoms. The van der Waals surface area contributed by atoms with Gasteiger partial charge >= 0.3 is 0 Å². The van der Waals surface area contributed by atoms with Gasteiger partial charge in [0.05, 0.1) is 10.5 Å². The molecule has 2 N–H and O–H groups in total. The Kier molecular flexibility index (Phi) is 5.36. The molecule has 1 aromatic heterocycles. The number of nitrogens with one attached hydrogen (secondary N) is 1. The summed E-state index contributed by atoms with van der Waals surface area (Å²) in [6.07, 6.45) is 2.34. The number of carbonyl (C=O) groups excluding carboxylic acids is 2. The monoisotopic (exact) mass is 310 g/mol. The standard InChI is InChI=1S/C15H22N2O3S/c1-15(20)6-9-17(10-7-15)13(18)5-2-8-16-14(19)12-4-3-11-21-12/h3-4,11,20H,2,5-10H2,1H3,(H,16,19). The molecule has 21 heavy (non-hydrogen) atoms. The van der Waals surface area contributed by atoms with Gasteiger partial charge in [0, 0.05) is 26.1 Å². The summed E-state index contributed by atoms with van der Waals surface area (Å²) < 4.78 is 0. The van der Waals surface area contributed by atoms with E-state index in [2.05, 4.69) is 5.32 Å². The molecule has 0 spiro atoms. The summed E-state index contributed by atoms with van der Waals surface area (Å²) in [5.41, 5.74) is -0.633. The maximum absolute atomic E-state index is 12.0. The van der Waals surface area contributed by atoms with E-state index < -0.39 is 5.60 Å². The van der Waals surface area contributed by atoms with Crippen molar-refractivity contribution in [3.05, 3.63) is 22.4 Å². The van der Waals surface area contributed by atoms with E-state index in [1.54, 1.807) is 11.0 Å². The minimum atomic E-state index is -0.633. The highest BCUT2D eigenvalue weighted by Gasteiger charge is 2.29. The van der Waals surface area contributed by atoms with E-state index in [1.807, 2.05) is 18.4 Å². The molecular formula is C15H22N2O3S. The molecule has 0 unspecified atom stereocenters. The summed E-state index contributed by atoms with van der Waals surface area (Å²) in [7, 11) is 0. The van der Waals surface area contributed by atoms with Gasteiger partial charge in [0.25, 0.3) is 5.91 Å². The van der Waals surface area contributed by atoms with Gasteiger partial charge in [-0.05, 0) is 37.6 Å². The summed E-state index contributed by atoms with van der Waals surface area (Å²) in [4.78, 5) is 26.2. The molecule has 1 aliphatic heterocycles. The van der Waals surface area contributed by atoms with Crippen molar-refractivity contribution in [2.75, 3.05) is 19.6 Å². The lowest BCUT2D eigenvalue weighted by Gasteiger charge is -2.35. The minimum absolute atomic E-state index is 0.0773. The fourth-order valence-electron chi connectivity index (χ4n) is 2.33. The fourth-order valence-corrected chi connectivity index (χ4v) is 2.97. The first-order valence-corrected chi connectivity index (χ1v) is 8.18. The number of thiophene rings is 1. The number of carbonyl (C=O) groups is 2. The predicted molar refractivity (Wildman–Crippen MR) is 82.3 cm³/mol. The van der Waals surface area contributed by atoms with Gasteiger partial charge in [-0.2, -0.15) is 0 Å². The van der Waals surface area contributed by atoms with Crippen molar-refractivity contribution in [1.82, 2.24) is 10.2 Å². The van der Waals surface area contributed by atoms with Crippen molar-refractivity contribution in [3.63, 3.8) is 0 Å². The Morgan fingerprint density at radius 3 is 2.76 bits per heavy atom. The second kappa shape index (κ2) is 7.04. The molecule has 1 fully saturated rings. The Labute approximate surface area is 129 Å². The van der Waals surface area contributed by atoms with E-state index in [4.69, 9.17) is 0 Å². The molecule has 0 atom stereocenters. The van der Waals surface area contributed by atoms with Gasteiger partial charge < -0.3 is 15.3 Å². The zero-order valence-electron chi connectivity index (χ0n) is 12.3. The number of amides is 2. The number of hydrogen-bond donors (Lipinski definition) is 2. The van der Waals surface area contributed by atoms with Crippen LogP contribution in [0.15, 0.2) is 17.5 Å². The Balaban J connectivity index is 1.63. The summed E-state index contributed by atoms with van der Waals surface area (Å²) in [5.74, 6) is 0.0299. The molecule has 1 aliphatic rings. The Hall–Kier alpha value is -1.40. The van der Waals surface area contributed by atoms with Crippen molar-refractivity contribution in [2.45, 2.75) is 38.2 Å². The number of aliphatic hydroxyl groups is 1. The molecule has 2 amide bonds. The zero-order chi connectivity index (χ0) is 15.3. The van der Waals surface area contributed by atoms with Gasteiger partial charge in [-0.3, -0.25) is 9.59 Å². The van der Waals surface area contributed by atoms with Gasteiger partial charge in [0.15, 0.2) is 0 Å². The van der Waals surface area contributed by atoms with Crippen molar-refractivity contribution in [3.8, 4) is 0 Å². The fraction of sp³-hybridized carbons (Fsp3) is 0.600. The minimum Gasteiger partial charge on any atom is -0.390 e. The highest BCUT2D eigenvalue weighted by Crippen LogP contribution is 2.21. The van der Waals surface area contributed by atoms with Gasteiger partial charge in [-0.1, -0.05) is 6.07 Å². The lowest BCUT2D eigenvalue weighted by atomic mass is 9.93. The average molecular weight is 310 g/mol. The molecule has 0 radical (unpaired) electrons. The molecule has 5 nitrogen and oxygen atoms in total. The number of nitrogens with zero attached hydrogens (tertiary/aromatic N) is 1. The lowest BCUT2D eigenvalue weighted by molar-refractivity contribution is -0.135. The first kappa shape index (κ1) is 16.0. The number of piperidine rings is 1. The van der Waals surface area contributed by atoms with E-state index in [0.717, 1.165) is 0 Å².